The van der Waals surface area contributed by atoms with Crippen LogP contribution in [0.4, 0.5) is 0 Å². The minimum atomic E-state index is 0.00540. The second-order valence-corrected chi connectivity index (χ2v) is 7.28. The Bertz CT molecular complexity index is 1040. The van der Waals surface area contributed by atoms with Gasteiger partial charge in [0.05, 0.1) is 0 Å². The number of nitrogens with zero attached hydrogens (tertiary/aromatic N) is 4. The zero-order chi connectivity index (χ0) is 19.1. The van der Waals surface area contributed by atoms with E-state index >= 15 is 0 Å². The normalized spacial score (nSPS) is 16.7. The smallest absolute Gasteiger partial charge is 0.274 e. The van der Waals surface area contributed by atoms with Crippen molar-refractivity contribution in [3.8, 4) is 11.5 Å². The number of aryl methyl sites for hydroxylation is 1. The van der Waals surface area contributed by atoms with Crippen LogP contribution in [-0.2, 0) is 6.54 Å². The Labute approximate surface area is 163 Å². The Balaban J connectivity index is 1.22. The predicted octanol–water partition coefficient (Wildman–Crippen LogP) is 2.33. The highest BCUT2D eigenvalue weighted by Gasteiger charge is 2.24. The van der Waals surface area contributed by atoms with E-state index in [4.69, 9.17) is 9.47 Å². The third-order valence-corrected chi connectivity index (χ3v) is 5.42. The summed E-state index contributed by atoms with van der Waals surface area (Å²) < 4.78 is 12.8. The van der Waals surface area contributed by atoms with Gasteiger partial charge in [0.25, 0.3) is 5.91 Å². The van der Waals surface area contributed by atoms with Crippen molar-refractivity contribution < 1.29 is 14.3 Å². The molecule has 2 aromatic heterocycles. The van der Waals surface area contributed by atoms with Gasteiger partial charge in [-0.2, -0.15) is 0 Å². The zero-order valence-corrected chi connectivity index (χ0v) is 15.8. The highest BCUT2D eigenvalue weighted by Crippen LogP contribution is 2.32. The summed E-state index contributed by atoms with van der Waals surface area (Å²) in [6.45, 7) is 6.23. The van der Waals surface area contributed by atoms with E-state index in [9.17, 15) is 4.79 Å². The first kappa shape index (κ1) is 17.1. The van der Waals surface area contributed by atoms with Crippen molar-refractivity contribution in [1.82, 2.24) is 19.2 Å². The molecule has 7 nitrogen and oxygen atoms in total. The molecule has 1 aromatic carbocycles. The number of benzene rings is 1. The molecule has 0 saturated carbocycles. The topological polar surface area (TPSA) is 59.3 Å². The number of aromatic nitrogens is 2. The maximum Gasteiger partial charge on any atom is 0.274 e. The Morgan fingerprint density at radius 3 is 2.71 bits per heavy atom. The molecule has 0 bridgehead atoms. The molecule has 0 atom stereocenters. The maximum absolute atomic E-state index is 12.9. The maximum atomic E-state index is 12.9. The molecule has 0 aliphatic carbocycles. The molecule has 2 aliphatic heterocycles. The molecule has 1 amide bonds. The molecular weight excluding hydrogens is 356 g/mol. The molecule has 1 saturated heterocycles. The van der Waals surface area contributed by atoms with Crippen molar-refractivity contribution in [3.63, 3.8) is 0 Å². The molecule has 3 aromatic rings. The van der Waals surface area contributed by atoms with Crippen LogP contribution in [0.5, 0.6) is 11.5 Å². The zero-order valence-electron chi connectivity index (χ0n) is 15.8. The number of pyridine rings is 1. The summed E-state index contributed by atoms with van der Waals surface area (Å²) in [5, 5.41) is 0. The van der Waals surface area contributed by atoms with Crippen LogP contribution in [0.15, 0.2) is 42.6 Å². The fourth-order valence-corrected chi connectivity index (χ4v) is 3.82. The highest BCUT2D eigenvalue weighted by atomic mass is 16.7. The monoisotopic (exact) mass is 378 g/mol. The van der Waals surface area contributed by atoms with Gasteiger partial charge in [-0.05, 0) is 36.8 Å². The van der Waals surface area contributed by atoms with Gasteiger partial charge in [-0.25, -0.2) is 4.98 Å². The SMILES string of the molecule is Cc1cccc2nc(C(=O)N3CCN(Cc4ccc5c(c4)OCO5)CC3)cn12. The lowest BCUT2D eigenvalue weighted by Gasteiger charge is -2.34. The van der Waals surface area contributed by atoms with Crippen LogP contribution in [0.2, 0.25) is 0 Å². The van der Waals surface area contributed by atoms with Crippen molar-refractivity contribution in [2.45, 2.75) is 13.5 Å². The molecule has 144 valence electrons. The number of carbonyl (C=O) groups excluding carboxylic acids is 1. The number of amides is 1. The van der Waals surface area contributed by atoms with Crippen LogP contribution in [-0.4, -0.2) is 58.1 Å². The molecule has 0 N–H and O–H groups in total. The quantitative estimate of drug-likeness (QED) is 0.700. The second kappa shape index (κ2) is 6.83. The van der Waals surface area contributed by atoms with Gasteiger partial charge in [0, 0.05) is 44.6 Å². The molecule has 0 spiro atoms. The van der Waals surface area contributed by atoms with Gasteiger partial charge in [-0.15, -0.1) is 0 Å². The molecule has 1 fully saturated rings. The number of carbonyl (C=O) groups is 1. The first-order chi connectivity index (χ1) is 13.7. The van der Waals surface area contributed by atoms with Gasteiger partial charge in [0.15, 0.2) is 11.5 Å². The third kappa shape index (κ3) is 3.07. The summed E-state index contributed by atoms with van der Waals surface area (Å²) in [5.41, 5.74) is 3.58. The fourth-order valence-electron chi connectivity index (χ4n) is 3.82. The molecule has 7 heteroatoms. The summed E-state index contributed by atoms with van der Waals surface area (Å²) in [7, 11) is 0. The predicted molar refractivity (Wildman–Crippen MR) is 104 cm³/mol. The van der Waals surface area contributed by atoms with Crippen LogP contribution >= 0.6 is 0 Å². The summed E-state index contributed by atoms with van der Waals surface area (Å²) in [6, 6.07) is 12.0. The van der Waals surface area contributed by atoms with E-state index in [-0.39, 0.29) is 5.91 Å². The average molecular weight is 378 g/mol. The van der Waals surface area contributed by atoms with Crippen LogP contribution in [0, 0.1) is 6.92 Å². The van der Waals surface area contributed by atoms with Gasteiger partial charge in [-0.3, -0.25) is 9.69 Å². The summed E-state index contributed by atoms with van der Waals surface area (Å²) in [6.07, 6.45) is 1.84. The molecule has 0 radical (unpaired) electrons. The van der Waals surface area contributed by atoms with Crippen LogP contribution in [0.3, 0.4) is 0 Å². The molecule has 5 rings (SSSR count). The number of hydrogen-bond donors (Lipinski definition) is 0. The van der Waals surface area contributed by atoms with Gasteiger partial charge in [0.1, 0.15) is 11.3 Å². The minimum absolute atomic E-state index is 0.00540. The number of piperazine rings is 1. The lowest BCUT2D eigenvalue weighted by molar-refractivity contribution is 0.0623. The summed E-state index contributed by atoms with van der Waals surface area (Å²) in [4.78, 5) is 21.6. The van der Waals surface area contributed by atoms with Gasteiger partial charge < -0.3 is 18.8 Å². The van der Waals surface area contributed by atoms with Crippen molar-refractivity contribution in [2.24, 2.45) is 0 Å². The lowest BCUT2D eigenvalue weighted by Crippen LogP contribution is -2.48. The summed E-state index contributed by atoms with van der Waals surface area (Å²) >= 11 is 0. The van der Waals surface area contributed by atoms with Crippen LogP contribution in [0.1, 0.15) is 21.7 Å². The van der Waals surface area contributed by atoms with E-state index in [1.54, 1.807) is 0 Å². The van der Waals surface area contributed by atoms with Crippen LogP contribution in [0.25, 0.3) is 5.65 Å². The largest absolute Gasteiger partial charge is 0.454 e. The lowest BCUT2D eigenvalue weighted by atomic mass is 10.1. The first-order valence-electron chi connectivity index (χ1n) is 9.52. The van der Waals surface area contributed by atoms with E-state index in [1.807, 2.05) is 52.8 Å². The van der Waals surface area contributed by atoms with Crippen molar-refractivity contribution in [2.75, 3.05) is 33.0 Å². The standard InChI is InChI=1S/C21H22N4O3/c1-15-3-2-4-20-22-17(13-25(15)20)21(26)24-9-7-23(8-10-24)12-16-5-6-18-19(11-16)28-14-27-18/h2-6,11,13H,7-10,12,14H2,1H3. The molecule has 2 aliphatic rings. The van der Waals surface area contributed by atoms with Gasteiger partial charge in [-0.1, -0.05) is 12.1 Å². The third-order valence-electron chi connectivity index (χ3n) is 5.42. The number of hydrogen-bond acceptors (Lipinski definition) is 5. The van der Waals surface area contributed by atoms with E-state index in [0.29, 0.717) is 25.6 Å². The molecule has 4 heterocycles. The fraction of sp³-hybridized carbons (Fsp3) is 0.333. The van der Waals surface area contributed by atoms with Crippen molar-refractivity contribution in [3.05, 3.63) is 59.5 Å². The van der Waals surface area contributed by atoms with Gasteiger partial charge >= 0.3 is 0 Å². The number of imidazole rings is 1. The van der Waals surface area contributed by atoms with E-state index < -0.39 is 0 Å². The highest BCUT2D eigenvalue weighted by molar-refractivity contribution is 5.93. The number of ether oxygens (including phenoxy) is 2. The molecular formula is C21H22N4O3. The minimum Gasteiger partial charge on any atom is -0.454 e. The summed E-state index contributed by atoms with van der Waals surface area (Å²) in [5.74, 6) is 1.63. The Morgan fingerprint density at radius 2 is 1.89 bits per heavy atom. The Morgan fingerprint density at radius 1 is 1.07 bits per heavy atom. The molecule has 0 unspecified atom stereocenters. The Hall–Kier alpha value is -3.06. The van der Waals surface area contributed by atoms with Crippen molar-refractivity contribution >= 4 is 11.6 Å². The van der Waals surface area contributed by atoms with Gasteiger partial charge in [0.2, 0.25) is 6.79 Å². The van der Waals surface area contributed by atoms with E-state index in [1.165, 1.54) is 5.56 Å². The average Bonchev–Trinajstić information content (AvgIpc) is 3.35. The van der Waals surface area contributed by atoms with Crippen molar-refractivity contribution in [1.29, 1.82) is 0 Å². The number of fused-ring (bicyclic) bond motifs is 2. The second-order valence-electron chi connectivity index (χ2n) is 7.28. The Kier molecular flexibility index (Phi) is 4.16. The van der Waals surface area contributed by atoms with E-state index in [0.717, 1.165) is 42.5 Å². The first-order valence-corrected chi connectivity index (χ1v) is 9.52. The van der Waals surface area contributed by atoms with E-state index in [2.05, 4.69) is 16.0 Å². The van der Waals surface area contributed by atoms with Crippen LogP contribution < -0.4 is 9.47 Å². The molecule has 28 heavy (non-hydrogen) atoms. The number of rotatable bonds is 3.